The molecule has 0 unspecified atom stereocenters. The third-order valence-corrected chi connectivity index (χ3v) is 1.67. The monoisotopic (exact) mass is 161 g/mol. The predicted molar refractivity (Wildman–Crippen MR) is 44.9 cm³/mol. The highest BCUT2D eigenvalue weighted by Gasteiger charge is 1.98. The van der Waals surface area contributed by atoms with Crippen LogP contribution in [-0.2, 0) is 0 Å². The molecule has 1 aromatic carbocycles. The maximum absolute atomic E-state index is 8.72. The number of hydrogen-bond donors (Lipinski definition) is 2. The molecular weight excluding hydrogens is 154 g/mol. The Bertz CT molecular complexity index is 397. The van der Waals surface area contributed by atoms with Crippen LogP contribution >= 0.6 is 0 Å². The van der Waals surface area contributed by atoms with Crippen molar-refractivity contribution < 1.29 is 5.21 Å². The van der Waals surface area contributed by atoms with Gasteiger partial charge in [-0.3, -0.25) is 10.7 Å². The topological polar surface area (TPSA) is 58.0 Å². The fourth-order valence-electron chi connectivity index (χ4n) is 1.10. The Morgan fingerprint density at radius 2 is 2.08 bits per heavy atom. The zero-order valence-electron chi connectivity index (χ0n) is 6.23. The molecule has 60 valence electrons. The molecule has 4 heteroatoms. The molecule has 4 nitrogen and oxygen atoms in total. The zero-order valence-corrected chi connectivity index (χ0v) is 6.23. The van der Waals surface area contributed by atoms with Gasteiger partial charge in [0.25, 0.3) is 0 Å². The molecule has 2 N–H and O–H groups in total. The van der Waals surface area contributed by atoms with Crippen molar-refractivity contribution in [3.8, 4) is 0 Å². The molecule has 0 saturated carbocycles. The lowest BCUT2D eigenvalue weighted by Gasteiger charge is -2.00. The number of anilines is 1. The first kappa shape index (κ1) is 7.00. The Morgan fingerprint density at radius 3 is 2.92 bits per heavy atom. The molecule has 0 amide bonds. The molecule has 0 aliphatic rings. The van der Waals surface area contributed by atoms with Crippen molar-refractivity contribution in [1.29, 1.82) is 0 Å². The van der Waals surface area contributed by atoms with Gasteiger partial charge in [-0.25, -0.2) is 0 Å². The second kappa shape index (κ2) is 2.75. The van der Waals surface area contributed by atoms with Gasteiger partial charge in [-0.15, -0.1) is 0 Å². The molecule has 0 bridgehead atoms. The van der Waals surface area contributed by atoms with Crippen LogP contribution in [0.4, 0.5) is 5.69 Å². The van der Waals surface area contributed by atoms with Gasteiger partial charge in [-0.2, -0.15) is 10.2 Å². The van der Waals surface area contributed by atoms with E-state index < -0.39 is 0 Å². The fourth-order valence-corrected chi connectivity index (χ4v) is 1.10. The van der Waals surface area contributed by atoms with E-state index in [1.54, 1.807) is 0 Å². The maximum Gasteiger partial charge on any atom is 0.0951 e. The molecule has 1 aromatic heterocycles. The van der Waals surface area contributed by atoms with Crippen LogP contribution in [0, 0.1) is 0 Å². The summed E-state index contributed by atoms with van der Waals surface area (Å²) in [4.78, 5) is 0. The van der Waals surface area contributed by atoms with Crippen LogP contribution in [0.15, 0.2) is 30.5 Å². The molecule has 0 saturated heterocycles. The standard InChI is InChI=1S/C8H7N3O/c12-11-8-5-9-10-7-4-2-1-3-6(7)8/h1-5,12H,(H,10,11). The molecular formula is C8H7N3O. The molecule has 0 spiro atoms. The molecule has 0 aliphatic carbocycles. The number of nitrogens with zero attached hydrogens (tertiary/aromatic N) is 2. The van der Waals surface area contributed by atoms with Gasteiger partial charge in [0.1, 0.15) is 0 Å². The summed E-state index contributed by atoms with van der Waals surface area (Å²) in [6.07, 6.45) is 1.47. The Morgan fingerprint density at radius 1 is 1.25 bits per heavy atom. The van der Waals surface area contributed by atoms with Crippen molar-refractivity contribution in [1.82, 2.24) is 10.2 Å². The Labute approximate surface area is 68.8 Å². The second-order valence-corrected chi connectivity index (χ2v) is 2.39. The Hall–Kier alpha value is -1.68. The van der Waals surface area contributed by atoms with E-state index in [9.17, 15) is 0 Å². The minimum atomic E-state index is 0.570. The minimum Gasteiger partial charge on any atom is -0.291 e. The van der Waals surface area contributed by atoms with Gasteiger partial charge >= 0.3 is 0 Å². The smallest absolute Gasteiger partial charge is 0.0951 e. The molecule has 0 aliphatic heterocycles. The zero-order chi connectivity index (χ0) is 8.39. The number of benzene rings is 1. The quantitative estimate of drug-likeness (QED) is 0.621. The van der Waals surface area contributed by atoms with Crippen LogP contribution < -0.4 is 5.48 Å². The highest BCUT2D eigenvalue weighted by atomic mass is 16.5. The maximum atomic E-state index is 8.72. The number of rotatable bonds is 1. The van der Waals surface area contributed by atoms with Gasteiger partial charge in [0.05, 0.1) is 17.4 Å². The summed E-state index contributed by atoms with van der Waals surface area (Å²) in [6, 6.07) is 7.45. The number of nitrogens with one attached hydrogen (secondary N) is 1. The lowest BCUT2D eigenvalue weighted by atomic mass is 10.2. The first-order valence-corrected chi connectivity index (χ1v) is 3.52. The van der Waals surface area contributed by atoms with E-state index in [0.717, 1.165) is 10.9 Å². The van der Waals surface area contributed by atoms with E-state index in [1.807, 2.05) is 24.3 Å². The van der Waals surface area contributed by atoms with Crippen LogP contribution in [0.25, 0.3) is 10.9 Å². The van der Waals surface area contributed by atoms with Crippen molar-refractivity contribution in [2.24, 2.45) is 0 Å². The summed E-state index contributed by atoms with van der Waals surface area (Å²) in [5, 5.41) is 17.2. The first-order chi connectivity index (χ1) is 5.92. The van der Waals surface area contributed by atoms with Crippen LogP contribution in [0.3, 0.4) is 0 Å². The Balaban J connectivity index is 2.79. The van der Waals surface area contributed by atoms with Gasteiger partial charge in [-0.05, 0) is 6.07 Å². The average molecular weight is 161 g/mol. The van der Waals surface area contributed by atoms with Gasteiger partial charge in [-0.1, -0.05) is 18.2 Å². The molecule has 0 fully saturated rings. The number of aromatic nitrogens is 2. The average Bonchev–Trinajstić information content (AvgIpc) is 2.17. The normalized spacial score (nSPS) is 10.1. The fraction of sp³-hybridized carbons (Fsp3) is 0. The highest BCUT2D eigenvalue weighted by Crippen LogP contribution is 2.18. The van der Waals surface area contributed by atoms with Gasteiger partial charge in [0.2, 0.25) is 0 Å². The largest absolute Gasteiger partial charge is 0.291 e. The summed E-state index contributed by atoms with van der Waals surface area (Å²) in [6.45, 7) is 0. The third kappa shape index (κ3) is 0.981. The van der Waals surface area contributed by atoms with Gasteiger partial charge < -0.3 is 0 Å². The predicted octanol–water partition coefficient (Wildman–Crippen LogP) is 1.43. The molecule has 12 heavy (non-hydrogen) atoms. The van der Waals surface area contributed by atoms with Crippen molar-refractivity contribution >= 4 is 16.6 Å². The molecule has 0 radical (unpaired) electrons. The summed E-state index contributed by atoms with van der Waals surface area (Å²) in [5.74, 6) is 0. The first-order valence-electron chi connectivity index (χ1n) is 3.52. The van der Waals surface area contributed by atoms with Crippen LogP contribution in [0.1, 0.15) is 0 Å². The van der Waals surface area contributed by atoms with Crippen molar-refractivity contribution in [2.45, 2.75) is 0 Å². The Kier molecular flexibility index (Phi) is 1.60. The highest BCUT2D eigenvalue weighted by molar-refractivity contribution is 5.89. The number of fused-ring (bicyclic) bond motifs is 1. The number of hydrogen-bond acceptors (Lipinski definition) is 4. The SMILES string of the molecule is ONc1cnnc2ccccc12. The summed E-state index contributed by atoms with van der Waals surface area (Å²) < 4.78 is 0. The van der Waals surface area contributed by atoms with Gasteiger partial charge in [0, 0.05) is 5.39 Å². The molecule has 0 atom stereocenters. The molecule has 1 heterocycles. The van der Waals surface area contributed by atoms with Crippen LogP contribution in [-0.4, -0.2) is 15.4 Å². The van der Waals surface area contributed by atoms with Crippen LogP contribution in [0.5, 0.6) is 0 Å². The van der Waals surface area contributed by atoms with E-state index in [-0.39, 0.29) is 0 Å². The lowest BCUT2D eigenvalue weighted by molar-refractivity contribution is 0.389. The van der Waals surface area contributed by atoms with E-state index in [1.165, 1.54) is 6.20 Å². The minimum absolute atomic E-state index is 0.570. The van der Waals surface area contributed by atoms with Crippen molar-refractivity contribution in [3.63, 3.8) is 0 Å². The summed E-state index contributed by atoms with van der Waals surface area (Å²) >= 11 is 0. The second-order valence-electron chi connectivity index (χ2n) is 2.39. The third-order valence-electron chi connectivity index (χ3n) is 1.67. The van der Waals surface area contributed by atoms with Crippen molar-refractivity contribution in [3.05, 3.63) is 30.5 Å². The molecule has 2 rings (SSSR count). The van der Waals surface area contributed by atoms with E-state index in [2.05, 4.69) is 15.7 Å². The summed E-state index contributed by atoms with van der Waals surface area (Å²) in [7, 11) is 0. The van der Waals surface area contributed by atoms with E-state index >= 15 is 0 Å². The van der Waals surface area contributed by atoms with Crippen LogP contribution in [0.2, 0.25) is 0 Å². The lowest BCUT2D eigenvalue weighted by Crippen LogP contribution is -1.93. The van der Waals surface area contributed by atoms with Crippen molar-refractivity contribution in [2.75, 3.05) is 5.48 Å². The summed E-state index contributed by atoms with van der Waals surface area (Å²) in [5.41, 5.74) is 3.40. The van der Waals surface area contributed by atoms with E-state index in [4.69, 9.17) is 5.21 Å². The van der Waals surface area contributed by atoms with Gasteiger partial charge in [0.15, 0.2) is 0 Å². The molecule has 2 aromatic rings. The van der Waals surface area contributed by atoms with E-state index in [0.29, 0.717) is 5.69 Å².